The summed E-state index contributed by atoms with van der Waals surface area (Å²) in [5.74, 6) is -0.720. The van der Waals surface area contributed by atoms with E-state index >= 15 is 0 Å². The second kappa shape index (κ2) is 5.29. The number of hydrogen-bond acceptors (Lipinski definition) is 6. The molecule has 1 aromatic carbocycles. The number of rotatable bonds is 3. The van der Waals surface area contributed by atoms with Gasteiger partial charge in [-0.05, 0) is 12.1 Å². The quantitative estimate of drug-likeness (QED) is 0.794. The van der Waals surface area contributed by atoms with Gasteiger partial charge < -0.3 is 5.11 Å². The second-order valence-electron chi connectivity index (χ2n) is 4.49. The molecule has 2 aliphatic rings. The van der Waals surface area contributed by atoms with Crippen molar-refractivity contribution >= 4 is 11.8 Å². The number of aliphatic hydroxyl groups is 1. The third kappa shape index (κ3) is 2.10. The highest BCUT2D eigenvalue weighted by Gasteiger charge is 2.42. The zero-order valence-corrected chi connectivity index (χ0v) is 10.7. The van der Waals surface area contributed by atoms with Gasteiger partial charge in [0, 0.05) is 6.42 Å². The van der Waals surface area contributed by atoms with Gasteiger partial charge in [-0.3, -0.25) is 14.4 Å². The molecule has 20 heavy (non-hydrogen) atoms. The fourth-order valence-electron chi connectivity index (χ4n) is 2.32. The van der Waals surface area contributed by atoms with Gasteiger partial charge in [0.2, 0.25) is 0 Å². The molecule has 1 atom stereocenters. The van der Waals surface area contributed by atoms with Crippen LogP contribution in [-0.4, -0.2) is 53.0 Å². The second-order valence-corrected chi connectivity index (χ2v) is 4.49. The van der Waals surface area contributed by atoms with Gasteiger partial charge in [0.15, 0.2) is 6.23 Å². The van der Waals surface area contributed by atoms with Gasteiger partial charge >= 0.3 is 0 Å². The van der Waals surface area contributed by atoms with Crippen LogP contribution in [0.1, 0.15) is 27.1 Å². The number of aliphatic hydroxyl groups excluding tert-OH is 1. The molecule has 1 fully saturated rings. The minimum atomic E-state index is -0.706. The number of fused-ring (bicyclic) bond motifs is 1. The number of β-amino-alcohol motifs (C(OH)–C–C–N with tert-alkyl or cyclic N) is 1. The van der Waals surface area contributed by atoms with Crippen LogP contribution in [0.4, 0.5) is 0 Å². The maximum atomic E-state index is 12.3. The Morgan fingerprint density at radius 1 is 1.20 bits per heavy atom. The van der Waals surface area contributed by atoms with Crippen LogP contribution < -0.4 is 0 Å². The molecule has 1 unspecified atom stereocenters. The van der Waals surface area contributed by atoms with Gasteiger partial charge in [0.05, 0.1) is 30.9 Å². The molecular weight excluding hydrogens is 264 g/mol. The molecule has 0 bridgehead atoms. The Morgan fingerprint density at radius 2 is 1.85 bits per heavy atom. The fourth-order valence-corrected chi connectivity index (χ4v) is 2.32. The van der Waals surface area contributed by atoms with Crippen molar-refractivity contribution in [2.45, 2.75) is 12.6 Å². The first-order valence-corrected chi connectivity index (χ1v) is 6.37. The van der Waals surface area contributed by atoms with E-state index in [1.165, 1.54) is 0 Å². The van der Waals surface area contributed by atoms with Crippen LogP contribution in [0.3, 0.4) is 0 Å². The van der Waals surface area contributed by atoms with E-state index < -0.39 is 6.23 Å². The Balaban J connectivity index is 1.82. The van der Waals surface area contributed by atoms with Crippen LogP contribution in [0.25, 0.3) is 0 Å². The summed E-state index contributed by atoms with van der Waals surface area (Å²) in [7, 11) is 0. The van der Waals surface area contributed by atoms with E-state index in [1.807, 2.05) is 0 Å². The number of carbonyl (C=O) groups excluding carboxylic acids is 2. The Hall–Kier alpha value is -1.80. The van der Waals surface area contributed by atoms with Crippen molar-refractivity contribution in [2.75, 3.05) is 19.8 Å². The molecule has 1 aromatic rings. The maximum absolute atomic E-state index is 12.3. The lowest BCUT2D eigenvalue weighted by Crippen LogP contribution is -2.49. The summed E-state index contributed by atoms with van der Waals surface area (Å²) in [5.41, 5.74) is 0.780. The molecule has 0 aromatic heterocycles. The Bertz CT molecular complexity index is 510. The van der Waals surface area contributed by atoms with Crippen molar-refractivity contribution < 1.29 is 24.4 Å². The lowest BCUT2D eigenvalue weighted by molar-refractivity contribution is -0.425. The lowest BCUT2D eigenvalue weighted by Gasteiger charge is -2.34. The summed E-state index contributed by atoms with van der Waals surface area (Å²) in [4.78, 5) is 36.3. The van der Waals surface area contributed by atoms with E-state index in [2.05, 4.69) is 0 Å². The number of amides is 2. The summed E-state index contributed by atoms with van der Waals surface area (Å²) in [6.07, 6.45) is -0.310. The molecule has 2 heterocycles. The molecular formula is C13H14N2O5. The highest BCUT2D eigenvalue weighted by Crippen LogP contribution is 2.27. The largest absolute Gasteiger partial charge is 0.395 e. The van der Waals surface area contributed by atoms with E-state index in [0.29, 0.717) is 24.2 Å². The smallest absolute Gasteiger partial charge is 0.263 e. The van der Waals surface area contributed by atoms with Crippen molar-refractivity contribution in [1.82, 2.24) is 10.1 Å². The number of carbonyl (C=O) groups is 2. The van der Waals surface area contributed by atoms with E-state index in [-0.39, 0.29) is 25.0 Å². The van der Waals surface area contributed by atoms with Crippen molar-refractivity contribution in [3.8, 4) is 0 Å². The molecule has 0 radical (unpaired) electrons. The Morgan fingerprint density at radius 3 is 2.45 bits per heavy atom. The molecule has 0 aliphatic carbocycles. The third-order valence-corrected chi connectivity index (χ3v) is 3.24. The molecule has 1 saturated heterocycles. The molecule has 1 N–H and O–H groups in total. The van der Waals surface area contributed by atoms with Gasteiger partial charge in [0.25, 0.3) is 11.8 Å². The summed E-state index contributed by atoms with van der Waals surface area (Å²) < 4.78 is 0. The summed E-state index contributed by atoms with van der Waals surface area (Å²) in [6.45, 7) is 0.326. The minimum Gasteiger partial charge on any atom is -0.395 e. The van der Waals surface area contributed by atoms with Gasteiger partial charge in [-0.15, -0.1) is 0 Å². The van der Waals surface area contributed by atoms with E-state index in [9.17, 15) is 9.59 Å². The van der Waals surface area contributed by atoms with Gasteiger partial charge in [-0.1, -0.05) is 17.4 Å². The molecule has 106 valence electrons. The van der Waals surface area contributed by atoms with Crippen molar-refractivity contribution in [3.05, 3.63) is 35.4 Å². The predicted octanol–water partition coefficient (Wildman–Crippen LogP) is 0.170. The van der Waals surface area contributed by atoms with E-state index in [4.69, 9.17) is 14.8 Å². The third-order valence-electron chi connectivity index (χ3n) is 3.24. The topological polar surface area (TPSA) is 79.3 Å². The first-order chi connectivity index (χ1) is 9.72. The molecule has 0 spiro atoms. The Labute approximate surface area is 115 Å². The Kier molecular flexibility index (Phi) is 3.49. The highest BCUT2D eigenvalue weighted by molar-refractivity contribution is 6.21. The number of nitrogens with zero attached hydrogens (tertiary/aromatic N) is 2. The number of hydrogen-bond donors (Lipinski definition) is 1. The van der Waals surface area contributed by atoms with Crippen LogP contribution >= 0.6 is 0 Å². The van der Waals surface area contributed by atoms with Gasteiger partial charge in [0.1, 0.15) is 0 Å². The normalized spacial score (nSPS) is 23.2. The summed E-state index contributed by atoms with van der Waals surface area (Å²) in [5, 5.41) is 9.98. The van der Waals surface area contributed by atoms with Crippen molar-refractivity contribution in [3.63, 3.8) is 0 Å². The molecule has 7 heteroatoms. The minimum absolute atomic E-state index is 0.144. The van der Waals surface area contributed by atoms with E-state index in [1.54, 1.807) is 24.3 Å². The monoisotopic (exact) mass is 278 g/mol. The highest BCUT2D eigenvalue weighted by atomic mass is 17.0. The maximum Gasteiger partial charge on any atom is 0.263 e. The first-order valence-electron chi connectivity index (χ1n) is 6.37. The number of imide groups is 1. The molecule has 2 amide bonds. The fraction of sp³-hybridized carbons (Fsp3) is 0.385. The molecule has 0 saturated carbocycles. The summed E-state index contributed by atoms with van der Waals surface area (Å²) in [6, 6.07) is 6.69. The predicted molar refractivity (Wildman–Crippen MR) is 66.2 cm³/mol. The summed E-state index contributed by atoms with van der Waals surface area (Å²) >= 11 is 0. The standard InChI is InChI=1S/C13H14N2O5/c16-7-6-14-19-8-5-11(20-14)15-12(17)9-3-1-2-4-10(9)13(15)18/h1-4,11,16H,5-8H2. The van der Waals surface area contributed by atoms with Crippen LogP contribution in [0.15, 0.2) is 24.3 Å². The SMILES string of the molecule is O=C1c2ccccc2C(=O)N1C1CCON(CCO)O1. The van der Waals surface area contributed by atoms with Crippen LogP contribution in [-0.2, 0) is 9.68 Å². The van der Waals surface area contributed by atoms with Gasteiger partial charge in [-0.2, -0.15) is 0 Å². The average molecular weight is 278 g/mol. The van der Waals surface area contributed by atoms with Crippen LogP contribution in [0.5, 0.6) is 0 Å². The average Bonchev–Trinajstić information content (AvgIpc) is 2.72. The first kappa shape index (κ1) is 13.2. The molecule has 2 aliphatic heterocycles. The lowest BCUT2D eigenvalue weighted by atomic mass is 10.1. The van der Waals surface area contributed by atoms with Crippen LogP contribution in [0.2, 0.25) is 0 Å². The molecule has 7 nitrogen and oxygen atoms in total. The molecule has 3 rings (SSSR count). The number of hydroxylamine groups is 2. The van der Waals surface area contributed by atoms with E-state index in [0.717, 1.165) is 10.1 Å². The zero-order valence-electron chi connectivity index (χ0n) is 10.7. The zero-order chi connectivity index (χ0) is 14.1. The van der Waals surface area contributed by atoms with Crippen molar-refractivity contribution in [1.29, 1.82) is 0 Å². The van der Waals surface area contributed by atoms with Crippen LogP contribution in [0, 0.1) is 0 Å². The van der Waals surface area contributed by atoms with Gasteiger partial charge in [-0.25, -0.2) is 9.74 Å². The number of benzene rings is 1. The van der Waals surface area contributed by atoms with Crippen molar-refractivity contribution in [2.24, 2.45) is 0 Å².